The van der Waals surface area contributed by atoms with Crippen LogP contribution in [0.4, 0.5) is 0 Å². The van der Waals surface area contributed by atoms with Crippen molar-refractivity contribution in [1.82, 2.24) is 0 Å². The first kappa shape index (κ1) is 14.8. The average molecular weight is 432 g/mol. The van der Waals surface area contributed by atoms with Crippen molar-refractivity contribution in [3.05, 3.63) is 61.6 Å². The number of hydrogen-bond donors (Lipinski definition) is 1. The molecule has 0 fully saturated rings. The largest absolute Gasteiger partial charge is 0.493 e. The predicted molar refractivity (Wildman–Crippen MR) is 90.5 cm³/mol. The molecule has 0 bridgehead atoms. The van der Waals surface area contributed by atoms with Gasteiger partial charge in [0, 0.05) is 3.57 Å². The Balaban J connectivity index is 2.29. The topological polar surface area (TPSA) is 35.2 Å². The van der Waals surface area contributed by atoms with Gasteiger partial charge in [-0.25, -0.2) is 0 Å². The molecule has 0 aliphatic heterocycles. The summed E-state index contributed by atoms with van der Waals surface area (Å²) in [6.07, 6.45) is 0. The lowest BCUT2D eigenvalue weighted by Crippen LogP contribution is -2.12. The third kappa shape index (κ3) is 3.70. The van der Waals surface area contributed by atoms with Crippen LogP contribution in [0.15, 0.2) is 46.9 Å². The van der Waals surface area contributed by atoms with Crippen molar-refractivity contribution in [2.45, 2.75) is 13.0 Å². The summed E-state index contributed by atoms with van der Waals surface area (Å²) in [5, 5.41) is 0. The molecule has 2 aromatic carbocycles. The van der Waals surface area contributed by atoms with Gasteiger partial charge < -0.3 is 10.5 Å². The Morgan fingerprint density at radius 1 is 1.21 bits per heavy atom. The zero-order valence-electron chi connectivity index (χ0n) is 10.6. The molecule has 2 aromatic rings. The third-order valence-corrected chi connectivity index (χ3v) is 4.11. The Kier molecular flexibility index (Phi) is 5.24. The summed E-state index contributed by atoms with van der Waals surface area (Å²) in [5.41, 5.74) is 8.49. The van der Waals surface area contributed by atoms with Gasteiger partial charge in [-0.15, -0.1) is 0 Å². The third-order valence-electron chi connectivity index (χ3n) is 2.82. The van der Waals surface area contributed by atoms with Gasteiger partial charge in [0.25, 0.3) is 0 Å². The number of benzene rings is 2. The maximum Gasteiger partial charge on any atom is 0.133 e. The molecule has 2 nitrogen and oxygen atoms in total. The first-order valence-electron chi connectivity index (χ1n) is 6.05. The van der Waals surface area contributed by atoms with Crippen LogP contribution in [0, 0.1) is 3.57 Å². The lowest BCUT2D eigenvalue weighted by Gasteiger charge is -2.15. The summed E-state index contributed by atoms with van der Waals surface area (Å²) in [7, 11) is 0. The van der Waals surface area contributed by atoms with Crippen molar-refractivity contribution in [2.75, 3.05) is 6.61 Å². The van der Waals surface area contributed by atoms with E-state index in [4.69, 9.17) is 10.5 Å². The van der Waals surface area contributed by atoms with E-state index < -0.39 is 0 Å². The minimum atomic E-state index is -0.123. The van der Waals surface area contributed by atoms with Gasteiger partial charge >= 0.3 is 0 Å². The summed E-state index contributed by atoms with van der Waals surface area (Å²) >= 11 is 5.82. The van der Waals surface area contributed by atoms with E-state index in [-0.39, 0.29) is 6.04 Å². The van der Waals surface area contributed by atoms with Crippen molar-refractivity contribution in [2.24, 2.45) is 5.73 Å². The van der Waals surface area contributed by atoms with Crippen LogP contribution in [-0.4, -0.2) is 6.61 Å². The molecule has 0 saturated carbocycles. The van der Waals surface area contributed by atoms with Crippen molar-refractivity contribution < 1.29 is 4.74 Å². The fourth-order valence-corrected chi connectivity index (χ4v) is 2.95. The molecule has 0 amide bonds. The quantitative estimate of drug-likeness (QED) is 0.723. The van der Waals surface area contributed by atoms with E-state index >= 15 is 0 Å². The summed E-state index contributed by atoms with van der Waals surface area (Å²) in [4.78, 5) is 0. The number of halogens is 2. The van der Waals surface area contributed by atoms with Crippen LogP contribution in [0.25, 0.3) is 0 Å². The highest BCUT2D eigenvalue weighted by Crippen LogP contribution is 2.30. The van der Waals surface area contributed by atoms with E-state index in [1.54, 1.807) is 0 Å². The molecule has 1 atom stereocenters. The van der Waals surface area contributed by atoms with E-state index in [1.807, 2.05) is 31.2 Å². The number of nitrogens with two attached hydrogens (primary N) is 1. The molecular formula is C15H15BrINO. The fraction of sp³-hybridized carbons (Fsp3) is 0.200. The van der Waals surface area contributed by atoms with Crippen molar-refractivity contribution >= 4 is 38.5 Å². The second-order valence-corrected chi connectivity index (χ2v) is 6.26. The van der Waals surface area contributed by atoms with Gasteiger partial charge in [0.1, 0.15) is 5.75 Å². The summed E-state index contributed by atoms with van der Waals surface area (Å²) in [6.45, 7) is 2.62. The Bertz CT molecular complexity index is 574. The summed E-state index contributed by atoms with van der Waals surface area (Å²) in [5.74, 6) is 0.848. The zero-order chi connectivity index (χ0) is 13.8. The maximum absolute atomic E-state index is 6.31. The molecule has 0 radical (unpaired) electrons. The van der Waals surface area contributed by atoms with E-state index in [0.29, 0.717) is 6.61 Å². The van der Waals surface area contributed by atoms with E-state index in [2.05, 4.69) is 56.7 Å². The van der Waals surface area contributed by atoms with E-state index in [1.165, 1.54) is 3.57 Å². The highest BCUT2D eigenvalue weighted by Gasteiger charge is 2.11. The van der Waals surface area contributed by atoms with Crippen LogP contribution in [0.3, 0.4) is 0 Å². The van der Waals surface area contributed by atoms with Gasteiger partial charge in [-0.2, -0.15) is 0 Å². The van der Waals surface area contributed by atoms with Gasteiger partial charge in [-0.1, -0.05) is 18.2 Å². The molecule has 0 saturated heterocycles. The van der Waals surface area contributed by atoms with Gasteiger partial charge in [-0.3, -0.25) is 0 Å². The average Bonchev–Trinajstić information content (AvgIpc) is 2.40. The minimum absolute atomic E-state index is 0.123. The van der Waals surface area contributed by atoms with Crippen molar-refractivity contribution in [3.8, 4) is 5.75 Å². The number of rotatable bonds is 4. The summed E-state index contributed by atoms with van der Waals surface area (Å²) < 4.78 is 7.64. The molecule has 19 heavy (non-hydrogen) atoms. The maximum atomic E-state index is 6.31. The Morgan fingerprint density at radius 3 is 2.58 bits per heavy atom. The second kappa shape index (κ2) is 6.72. The number of hydrogen-bond acceptors (Lipinski definition) is 2. The van der Waals surface area contributed by atoms with Gasteiger partial charge in [-0.05, 0) is 80.8 Å². The molecule has 0 aliphatic rings. The minimum Gasteiger partial charge on any atom is -0.493 e. The van der Waals surface area contributed by atoms with Crippen molar-refractivity contribution in [1.29, 1.82) is 0 Å². The van der Waals surface area contributed by atoms with Crippen LogP contribution >= 0.6 is 38.5 Å². The highest BCUT2D eigenvalue weighted by molar-refractivity contribution is 14.1. The molecule has 100 valence electrons. The molecular weight excluding hydrogens is 417 g/mol. The molecule has 2 N–H and O–H groups in total. The van der Waals surface area contributed by atoms with E-state index in [0.717, 1.165) is 21.3 Å². The molecule has 0 aromatic heterocycles. The molecule has 0 heterocycles. The van der Waals surface area contributed by atoms with Gasteiger partial charge in [0.05, 0.1) is 17.1 Å². The van der Waals surface area contributed by atoms with Crippen molar-refractivity contribution in [3.63, 3.8) is 0 Å². The number of ether oxygens (including phenoxy) is 1. The zero-order valence-corrected chi connectivity index (χ0v) is 14.3. The Morgan fingerprint density at radius 2 is 1.95 bits per heavy atom. The van der Waals surface area contributed by atoms with Gasteiger partial charge in [0.15, 0.2) is 0 Å². The summed E-state index contributed by atoms with van der Waals surface area (Å²) in [6, 6.07) is 14.1. The fourth-order valence-electron chi connectivity index (χ4n) is 1.88. The first-order valence-corrected chi connectivity index (χ1v) is 7.92. The normalized spacial score (nSPS) is 12.2. The van der Waals surface area contributed by atoms with Crippen LogP contribution in [0.5, 0.6) is 5.75 Å². The van der Waals surface area contributed by atoms with Crippen LogP contribution < -0.4 is 10.5 Å². The van der Waals surface area contributed by atoms with Gasteiger partial charge in [0.2, 0.25) is 0 Å². The monoisotopic (exact) mass is 431 g/mol. The molecule has 0 spiro atoms. The highest BCUT2D eigenvalue weighted by atomic mass is 127. The van der Waals surface area contributed by atoms with Crippen LogP contribution in [-0.2, 0) is 0 Å². The Hall–Kier alpha value is -0.590. The van der Waals surface area contributed by atoms with Crippen LogP contribution in [0.1, 0.15) is 24.1 Å². The first-order chi connectivity index (χ1) is 9.11. The lowest BCUT2D eigenvalue weighted by molar-refractivity contribution is 0.338. The Labute approximate surface area is 135 Å². The smallest absolute Gasteiger partial charge is 0.133 e. The molecule has 0 aliphatic carbocycles. The second-order valence-electron chi connectivity index (χ2n) is 4.16. The predicted octanol–water partition coefficient (Wildman–Crippen LogP) is 4.50. The molecule has 4 heteroatoms. The van der Waals surface area contributed by atoms with E-state index in [9.17, 15) is 0 Å². The standard InChI is InChI=1S/C15H15BrINO/c1-2-19-14-7-6-11(9-13(14)16)15(18)10-4-3-5-12(17)8-10/h3-9,15H,2,18H2,1H3. The van der Waals surface area contributed by atoms with Crippen LogP contribution in [0.2, 0.25) is 0 Å². The molecule has 1 unspecified atom stereocenters. The molecule has 2 rings (SSSR count). The lowest BCUT2D eigenvalue weighted by atomic mass is 10.00. The SMILES string of the molecule is CCOc1ccc(C(N)c2cccc(I)c2)cc1Br.